The number of anilines is 2. The molecule has 3 unspecified atom stereocenters. The van der Waals surface area contributed by atoms with E-state index in [1.54, 1.807) is 12.5 Å². The molecule has 1 amide bonds. The number of aromatic nitrogens is 3. The van der Waals surface area contributed by atoms with Gasteiger partial charge in [-0.05, 0) is 79.1 Å². The summed E-state index contributed by atoms with van der Waals surface area (Å²) in [6.45, 7) is 9.72. The van der Waals surface area contributed by atoms with Crippen LogP contribution in [0.5, 0.6) is 0 Å². The Labute approximate surface area is 243 Å². The fourth-order valence-electron chi connectivity index (χ4n) is 6.12. The summed E-state index contributed by atoms with van der Waals surface area (Å²) in [7, 11) is -1.12. The average Bonchev–Trinajstić information content (AvgIpc) is 3.39. The Kier molecular flexibility index (Phi) is 7.46. The number of rotatable bonds is 6. The van der Waals surface area contributed by atoms with Gasteiger partial charge in [-0.2, -0.15) is 0 Å². The largest absolute Gasteiger partial charge is 0.356 e. The van der Waals surface area contributed by atoms with Crippen molar-refractivity contribution in [3.63, 3.8) is 0 Å². The Morgan fingerprint density at radius 2 is 1.85 bits per heavy atom. The van der Waals surface area contributed by atoms with Crippen LogP contribution in [0.1, 0.15) is 47.4 Å². The van der Waals surface area contributed by atoms with E-state index in [9.17, 15) is 9.00 Å². The predicted octanol–water partition coefficient (Wildman–Crippen LogP) is 5.07. The van der Waals surface area contributed by atoms with Crippen molar-refractivity contribution in [2.75, 3.05) is 35.1 Å². The van der Waals surface area contributed by atoms with Crippen LogP contribution in [0.4, 0.5) is 11.5 Å². The third-order valence-electron chi connectivity index (χ3n) is 8.09. The first-order valence-electron chi connectivity index (χ1n) is 14.3. The third kappa shape index (κ3) is 5.68. The van der Waals surface area contributed by atoms with Crippen molar-refractivity contribution in [1.29, 1.82) is 0 Å². The molecule has 1 fully saturated rings. The zero-order chi connectivity index (χ0) is 28.7. The zero-order valence-electron chi connectivity index (χ0n) is 24.1. The normalized spacial score (nSPS) is 19.3. The van der Waals surface area contributed by atoms with Crippen molar-refractivity contribution >= 4 is 39.3 Å². The first-order valence-corrected chi connectivity index (χ1v) is 15.8. The molecule has 0 spiro atoms. The number of carbonyl (C=O) groups is 1. The summed E-state index contributed by atoms with van der Waals surface area (Å²) in [5, 5.41) is 3.91. The SMILES string of the molecule is Cc1ccc(N2CC(C)CC(C)C2)nc1-c1ccc2cnc(CNC(=O)c3ccc4c(c3)N(S(C)=O)CC4)cc2n1. The summed E-state index contributed by atoms with van der Waals surface area (Å²) in [4.78, 5) is 30.0. The Hall–Kier alpha value is -3.85. The highest BCUT2D eigenvalue weighted by molar-refractivity contribution is 7.85. The molecular formula is C32H36N6O2S. The predicted molar refractivity (Wildman–Crippen MR) is 165 cm³/mol. The van der Waals surface area contributed by atoms with Crippen LogP contribution < -0.4 is 14.5 Å². The van der Waals surface area contributed by atoms with Gasteiger partial charge in [0.1, 0.15) is 16.8 Å². The van der Waals surface area contributed by atoms with Gasteiger partial charge in [-0.1, -0.05) is 26.0 Å². The van der Waals surface area contributed by atoms with Crippen LogP contribution in [0, 0.1) is 18.8 Å². The Morgan fingerprint density at radius 1 is 1.05 bits per heavy atom. The van der Waals surface area contributed by atoms with Gasteiger partial charge in [0.25, 0.3) is 5.91 Å². The van der Waals surface area contributed by atoms with Gasteiger partial charge in [-0.15, -0.1) is 0 Å². The van der Waals surface area contributed by atoms with Crippen LogP contribution in [-0.2, 0) is 24.0 Å². The van der Waals surface area contributed by atoms with E-state index in [0.29, 0.717) is 23.9 Å². The van der Waals surface area contributed by atoms with Crippen molar-refractivity contribution in [3.8, 4) is 11.4 Å². The van der Waals surface area contributed by atoms with Gasteiger partial charge in [-0.3, -0.25) is 14.1 Å². The van der Waals surface area contributed by atoms with E-state index < -0.39 is 11.0 Å². The Balaban J connectivity index is 1.21. The molecule has 3 atom stereocenters. The number of nitrogens with zero attached hydrogens (tertiary/aromatic N) is 5. The number of carbonyl (C=O) groups excluding carboxylic acids is 1. The van der Waals surface area contributed by atoms with Crippen molar-refractivity contribution in [2.45, 2.75) is 40.2 Å². The molecule has 212 valence electrons. The molecule has 5 heterocycles. The van der Waals surface area contributed by atoms with E-state index in [2.05, 4.69) is 48.1 Å². The van der Waals surface area contributed by atoms with Crippen LogP contribution in [0.15, 0.2) is 54.7 Å². The molecule has 6 rings (SSSR count). The molecule has 1 saturated heterocycles. The number of hydrogen-bond acceptors (Lipinski definition) is 6. The number of pyridine rings is 3. The standard InChI is InChI=1S/C32H36N6O2S/c1-20-13-21(2)19-37(18-20)30-10-5-22(3)31(36-30)27-9-8-25-16-33-26(15-28(25)35-27)17-34-32(39)24-7-6-23-11-12-38(41(4)40)29(23)14-24/h5-10,14-16,20-21H,11-13,17-19H2,1-4H3,(H,34,39). The summed E-state index contributed by atoms with van der Waals surface area (Å²) >= 11 is 0. The van der Waals surface area contributed by atoms with Crippen LogP contribution in [0.2, 0.25) is 0 Å². The quantitative estimate of drug-likeness (QED) is 0.349. The number of hydrogen-bond donors (Lipinski definition) is 1. The number of fused-ring (bicyclic) bond motifs is 2. The molecule has 1 aromatic carbocycles. The summed E-state index contributed by atoms with van der Waals surface area (Å²) in [5.74, 6) is 2.11. The number of piperidine rings is 1. The maximum absolute atomic E-state index is 13.0. The van der Waals surface area contributed by atoms with Crippen LogP contribution >= 0.6 is 0 Å². The van der Waals surface area contributed by atoms with Gasteiger partial charge in [0.2, 0.25) is 0 Å². The highest BCUT2D eigenvalue weighted by Gasteiger charge is 2.24. The van der Waals surface area contributed by atoms with E-state index in [1.165, 1.54) is 6.42 Å². The lowest BCUT2D eigenvalue weighted by atomic mass is 9.92. The molecule has 0 radical (unpaired) electrons. The molecule has 0 saturated carbocycles. The first-order chi connectivity index (χ1) is 19.7. The van der Waals surface area contributed by atoms with Crippen LogP contribution in [0.3, 0.4) is 0 Å². The smallest absolute Gasteiger partial charge is 0.251 e. The third-order valence-corrected chi connectivity index (χ3v) is 9.09. The van der Waals surface area contributed by atoms with Gasteiger partial charge in [0.15, 0.2) is 0 Å². The number of nitrogens with one attached hydrogen (secondary N) is 1. The van der Waals surface area contributed by atoms with E-state index in [0.717, 1.165) is 70.1 Å². The molecule has 0 aliphatic carbocycles. The monoisotopic (exact) mass is 568 g/mol. The van der Waals surface area contributed by atoms with E-state index in [1.807, 2.05) is 40.7 Å². The van der Waals surface area contributed by atoms with E-state index in [-0.39, 0.29) is 12.5 Å². The average molecular weight is 569 g/mol. The molecular weight excluding hydrogens is 532 g/mol. The van der Waals surface area contributed by atoms with Crippen LogP contribution in [-0.4, -0.2) is 51.0 Å². The first kappa shape index (κ1) is 27.3. The lowest BCUT2D eigenvalue weighted by Crippen LogP contribution is -2.39. The Bertz CT molecular complexity index is 1650. The maximum Gasteiger partial charge on any atom is 0.251 e. The summed E-state index contributed by atoms with van der Waals surface area (Å²) in [5.41, 5.74) is 6.87. The summed E-state index contributed by atoms with van der Waals surface area (Å²) in [6, 6.07) is 15.8. The topological polar surface area (TPSA) is 91.3 Å². The van der Waals surface area contributed by atoms with Crippen LogP contribution in [0.25, 0.3) is 22.3 Å². The van der Waals surface area contributed by atoms with Gasteiger partial charge >= 0.3 is 0 Å². The highest BCUT2D eigenvalue weighted by Crippen LogP contribution is 2.31. The number of benzene rings is 1. The minimum atomic E-state index is -1.12. The van der Waals surface area contributed by atoms with E-state index >= 15 is 0 Å². The number of aryl methyl sites for hydroxylation is 1. The van der Waals surface area contributed by atoms with E-state index in [4.69, 9.17) is 9.97 Å². The fraction of sp³-hybridized carbons (Fsp3) is 0.375. The molecule has 41 heavy (non-hydrogen) atoms. The molecule has 8 nitrogen and oxygen atoms in total. The second-order valence-corrected chi connectivity index (χ2v) is 12.8. The molecule has 2 aliphatic rings. The second kappa shape index (κ2) is 11.2. The lowest BCUT2D eigenvalue weighted by Gasteiger charge is -2.36. The van der Waals surface area contributed by atoms with Crippen molar-refractivity contribution in [2.24, 2.45) is 11.8 Å². The van der Waals surface area contributed by atoms with Gasteiger partial charge in [0.05, 0.1) is 34.8 Å². The minimum Gasteiger partial charge on any atom is -0.356 e. The van der Waals surface area contributed by atoms with Gasteiger partial charge < -0.3 is 10.2 Å². The van der Waals surface area contributed by atoms with Crippen molar-refractivity contribution < 1.29 is 9.00 Å². The zero-order valence-corrected chi connectivity index (χ0v) is 24.9. The molecule has 9 heteroatoms. The molecule has 4 aromatic rings. The molecule has 3 aromatic heterocycles. The molecule has 0 bridgehead atoms. The minimum absolute atomic E-state index is 0.192. The highest BCUT2D eigenvalue weighted by atomic mass is 32.2. The second-order valence-electron chi connectivity index (χ2n) is 11.6. The summed E-state index contributed by atoms with van der Waals surface area (Å²) < 4.78 is 13.9. The molecule has 2 aliphatic heterocycles. The summed E-state index contributed by atoms with van der Waals surface area (Å²) in [6.07, 6.45) is 5.55. The maximum atomic E-state index is 13.0. The number of amides is 1. The van der Waals surface area contributed by atoms with Crippen molar-refractivity contribution in [1.82, 2.24) is 20.3 Å². The fourth-order valence-corrected chi connectivity index (χ4v) is 6.92. The van der Waals surface area contributed by atoms with Gasteiger partial charge in [-0.25, -0.2) is 14.2 Å². The van der Waals surface area contributed by atoms with Gasteiger partial charge in [0, 0.05) is 43.0 Å². The molecule has 1 N–H and O–H groups in total. The lowest BCUT2D eigenvalue weighted by molar-refractivity contribution is 0.0950. The Morgan fingerprint density at radius 3 is 2.63 bits per heavy atom. The van der Waals surface area contributed by atoms with Crippen molar-refractivity contribution in [3.05, 3.63) is 77.1 Å².